The molecule has 0 heterocycles. The Kier molecular flexibility index (Phi) is 9.44. The Morgan fingerprint density at radius 1 is 1.18 bits per heavy atom. The molecule has 1 unspecified atom stereocenters. The number of hydrogen-bond acceptors (Lipinski definition) is 2. The Labute approximate surface area is 153 Å². The largest absolute Gasteiger partial charge is 0.413 e. The standard InChI is InChI=1S/C18H37IO2Si/c1-13(16(4)20)10-11-17(14(2)12-15(3)19)21-22(8,9)18(5,6)7/h12-14,16-17,20H,10-11H2,1-9H3/b15-12+/t13-,14+,16?,17-/m1/s1. The summed E-state index contributed by atoms with van der Waals surface area (Å²) < 4.78 is 8.02. The van der Waals surface area contributed by atoms with E-state index in [4.69, 9.17) is 4.43 Å². The number of hydrogen-bond donors (Lipinski definition) is 1. The third-order valence-electron chi connectivity index (χ3n) is 5.06. The second kappa shape index (κ2) is 9.18. The van der Waals surface area contributed by atoms with Crippen LogP contribution in [0, 0.1) is 11.8 Å². The van der Waals surface area contributed by atoms with Crippen LogP contribution in [0.1, 0.15) is 61.3 Å². The maximum atomic E-state index is 9.73. The Morgan fingerprint density at radius 2 is 1.68 bits per heavy atom. The minimum absolute atomic E-state index is 0.226. The van der Waals surface area contributed by atoms with Gasteiger partial charge in [0, 0.05) is 0 Å². The molecule has 0 radical (unpaired) electrons. The lowest BCUT2D eigenvalue weighted by atomic mass is 9.93. The first-order chi connectivity index (χ1) is 9.78. The summed E-state index contributed by atoms with van der Waals surface area (Å²) in [6.45, 7) is 19.9. The van der Waals surface area contributed by atoms with Crippen LogP contribution in [0.2, 0.25) is 18.1 Å². The van der Waals surface area contributed by atoms with E-state index in [0.717, 1.165) is 12.8 Å². The maximum Gasteiger partial charge on any atom is 0.192 e. The van der Waals surface area contributed by atoms with Crippen LogP contribution < -0.4 is 0 Å². The van der Waals surface area contributed by atoms with E-state index in [-0.39, 0.29) is 17.2 Å². The van der Waals surface area contributed by atoms with Crippen LogP contribution in [0.4, 0.5) is 0 Å². The van der Waals surface area contributed by atoms with Crippen molar-refractivity contribution in [1.82, 2.24) is 0 Å². The molecule has 4 atom stereocenters. The van der Waals surface area contributed by atoms with Crippen LogP contribution in [-0.4, -0.2) is 25.6 Å². The maximum absolute atomic E-state index is 9.73. The highest BCUT2D eigenvalue weighted by Crippen LogP contribution is 2.39. The van der Waals surface area contributed by atoms with Gasteiger partial charge in [-0.1, -0.05) is 40.7 Å². The summed E-state index contributed by atoms with van der Waals surface area (Å²) in [5, 5.41) is 9.96. The van der Waals surface area contributed by atoms with E-state index in [2.05, 4.69) is 83.3 Å². The zero-order valence-electron chi connectivity index (χ0n) is 16.0. The molecule has 0 fully saturated rings. The molecule has 4 heteroatoms. The molecule has 0 aliphatic carbocycles. The third kappa shape index (κ3) is 7.93. The number of allylic oxidation sites excluding steroid dienone is 1. The van der Waals surface area contributed by atoms with Crippen molar-refractivity contribution in [1.29, 1.82) is 0 Å². The minimum atomic E-state index is -1.78. The smallest absolute Gasteiger partial charge is 0.192 e. The van der Waals surface area contributed by atoms with Crippen molar-refractivity contribution in [3.8, 4) is 0 Å². The minimum Gasteiger partial charge on any atom is -0.413 e. The summed E-state index contributed by atoms with van der Waals surface area (Å²) in [5.74, 6) is 0.731. The molecule has 0 aromatic rings. The highest BCUT2D eigenvalue weighted by Gasteiger charge is 2.39. The summed E-state index contributed by atoms with van der Waals surface area (Å²) in [5.41, 5.74) is 0. The normalized spacial score (nSPS) is 19.7. The van der Waals surface area contributed by atoms with E-state index in [0.29, 0.717) is 11.8 Å². The molecular formula is C18H37IO2Si. The fourth-order valence-corrected chi connectivity index (χ4v) is 4.13. The van der Waals surface area contributed by atoms with Gasteiger partial charge in [0.25, 0.3) is 0 Å². The molecule has 0 rings (SSSR count). The summed E-state index contributed by atoms with van der Waals surface area (Å²) in [4.78, 5) is 0. The molecule has 0 bridgehead atoms. The molecule has 0 aliphatic heterocycles. The molecule has 0 aromatic carbocycles. The molecule has 132 valence electrons. The first-order valence-corrected chi connectivity index (χ1v) is 12.5. The van der Waals surface area contributed by atoms with Crippen LogP contribution in [0.25, 0.3) is 0 Å². The van der Waals surface area contributed by atoms with Gasteiger partial charge in [0.1, 0.15) is 0 Å². The van der Waals surface area contributed by atoms with Crippen LogP contribution >= 0.6 is 22.6 Å². The topological polar surface area (TPSA) is 29.5 Å². The van der Waals surface area contributed by atoms with Crippen LogP contribution in [-0.2, 0) is 4.43 Å². The Morgan fingerprint density at radius 3 is 2.05 bits per heavy atom. The average Bonchev–Trinajstić information content (AvgIpc) is 2.31. The second-order valence-electron chi connectivity index (χ2n) is 8.32. The van der Waals surface area contributed by atoms with E-state index >= 15 is 0 Å². The number of aliphatic hydroxyl groups is 1. The van der Waals surface area contributed by atoms with E-state index in [1.807, 2.05) is 6.92 Å². The summed E-state index contributed by atoms with van der Waals surface area (Å²) in [7, 11) is -1.78. The van der Waals surface area contributed by atoms with Crippen molar-refractivity contribution in [2.75, 3.05) is 0 Å². The zero-order chi connectivity index (χ0) is 17.7. The monoisotopic (exact) mass is 440 g/mol. The molecule has 0 aliphatic rings. The Bertz CT molecular complexity index is 355. The fraction of sp³-hybridized carbons (Fsp3) is 0.889. The first kappa shape index (κ1) is 22.6. The summed E-state index contributed by atoms with van der Waals surface area (Å²) in [6.07, 6.45) is 4.33. The Hall–Kier alpha value is 0.607. The SMILES string of the molecule is C/C(I)=C\[C@H](C)[C@@H](CC[C@@H](C)C(C)O)O[Si](C)(C)C(C)(C)C. The predicted octanol–water partition coefficient (Wildman–Crippen LogP) is 6.15. The lowest BCUT2D eigenvalue weighted by Gasteiger charge is -2.41. The molecule has 0 saturated heterocycles. The van der Waals surface area contributed by atoms with Crippen LogP contribution in [0.15, 0.2) is 9.66 Å². The average molecular weight is 440 g/mol. The van der Waals surface area contributed by atoms with E-state index < -0.39 is 8.32 Å². The highest BCUT2D eigenvalue weighted by molar-refractivity contribution is 14.1. The lowest BCUT2D eigenvalue weighted by molar-refractivity contribution is 0.0963. The van der Waals surface area contributed by atoms with Crippen molar-refractivity contribution in [2.45, 2.75) is 91.6 Å². The van der Waals surface area contributed by atoms with Gasteiger partial charge in [-0.2, -0.15) is 0 Å². The number of rotatable bonds is 8. The molecule has 1 N–H and O–H groups in total. The lowest BCUT2D eigenvalue weighted by Crippen LogP contribution is -2.45. The van der Waals surface area contributed by atoms with Gasteiger partial charge in [0.2, 0.25) is 0 Å². The van der Waals surface area contributed by atoms with Gasteiger partial charge in [0.15, 0.2) is 8.32 Å². The summed E-state index contributed by atoms with van der Waals surface area (Å²) in [6, 6.07) is 0. The van der Waals surface area contributed by atoms with Gasteiger partial charge in [-0.15, -0.1) is 0 Å². The molecule has 0 aromatic heterocycles. The van der Waals surface area contributed by atoms with E-state index in [9.17, 15) is 5.11 Å². The number of aliphatic hydroxyl groups excluding tert-OH is 1. The quantitative estimate of drug-likeness (QED) is 0.362. The number of halogens is 1. The summed E-state index contributed by atoms with van der Waals surface area (Å²) >= 11 is 2.37. The molecule has 22 heavy (non-hydrogen) atoms. The third-order valence-corrected chi connectivity index (χ3v) is 9.93. The first-order valence-electron chi connectivity index (χ1n) is 8.47. The van der Waals surface area contributed by atoms with Gasteiger partial charge in [-0.3, -0.25) is 0 Å². The van der Waals surface area contributed by atoms with Crippen molar-refractivity contribution in [3.63, 3.8) is 0 Å². The van der Waals surface area contributed by atoms with Crippen molar-refractivity contribution < 1.29 is 9.53 Å². The van der Waals surface area contributed by atoms with Gasteiger partial charge < -0.3 is 9.53 Å². The molecule has 0 spiro atoms. The van der Waals surface area contributed by atoms with Crippen molar-refractivity contribution >= 4 is 30.9 Å². The fourth-order valence-electron chi connectivity index (χ4n) is 2.12. The predicted molar refractivity (Wildman–Crippen MR) is 109 cm³/mol. The van der Waals surface area contributed by atoms with Crippen LogP contribution in [0.3, 0.4) is 0 Å². The molecule has 2 nitrogen and oxygen atoms in total. The zero-order valence-corrected chi connectivity index (χ0v) is 19.2. The van der Waals surface area contributed by atoms with Gasteiger partial charge in [0.05, 0.1) is 12.2 Å². The Balaban J connectivity index is 5.06. The van der Waals surface area contributed by atoms with Gasteiger partial charge >= 0.3 is 0 Å². The molecule has 0 saturated carbocycles. The van der Waals surface area contributed by atoms with E-state index in [1.165, 1.54) is 3.58 Å². The molecular weight excluding hydrogens is 403 g/mol. The molecule has 0 amide bonds. The van der Waals surface area contributed by atoms with Crippen LogP contribution in [0.5, 0.6) is 0 Å². The van der Waals surface area contributed by atoms with Gasteiger partial charge in [-0.05, 0) is 82.8 Å². The van der Waals surface area contributed by atoms with Gasteiger partial charge in [-0.25, -0.2) is 0 Å². The van der Waals surface area contributed by atoms with E-state index in [1.54, 1.807) is 0 Å². The highest BCUT2D eigenvalue weighted by atomic mass is 127. The second-order valence-corrected chi connectivity index (χ2v) is 14.8. The van der Waals surface area contributed by atoms with Crippen molar-refractivity contribution in [3.05, 3.63) is 9.66 Å². The van der Waals surface area contributed by atoms with Crippen molar-refractivity contribution in [2.24, 2.45) is 11.8 Å².